The summed E-state index contributed by atoms with van der Waals surface area (Å²) in [6.45, 7) is 4.34. The van der Waals surface area contributed by atoms with Gasteiger partial charge in [-0.1, -0.05) is 86.8 Å². The molecule has 1 aliphatic carbocycles. The fourth-order valence-electron chi connectivity index (χ4n) is 4.92. The Morgan fingerprint density at radius 3 is 2.33 bits per heavy atom. The van der Waals surface area contributed by atoms with Crippen LogP contribution in [0, 0.1) is 0 Å². The number of halogens is 2. The Morgan fingerprint density at radius 2 is 1.69 bits per heavy atom. The molecule has 1 saturated carbocycles. The number of hydrogen-bond acceptors (Lipinski definition) is 3. The third-order valence-corrected chi connectivity index (χ3v) is 8.08. The van der Waals surface area contributed by atoms with Crippen LogP contribution in [0.4, 0.5) is 0 Å². The molecule has 0 radical (unpaired) electrons. The maximum absolute atomic E-state index is 13.8. The van der Waals surface area contributed by atoms with Crippen LogP contribution in [0.2, 0.25) is 5.02 Å². The zero-order valence-electron chi connectivity index (χ0n) is 22.5. The van der Waals surface area contributed by atoms with Gasteiger partial charge in [-0.15, -0.1) is 0 Å². The van der Waals surface area contributed by atoms with Gasteiger partial charge in [-0.2, -0.15) is 0 Å². The van der Waals surface area contributed by atoms with Crippen molar-refractivity contribution in [3.8, 4) is 5.75 Å². The van der Waals surface area contributed by atoms with Crippen LogP contribution in [0.1, 0.15) is 62.1 Å². The van der Waals surface area contributed by atoms with Crippen LogP contribution in [0.25, 0.3) is 0 Å². The largest absolute Gasteiger partial charge is 0.483 e. The molecule has 206 valence electrons. The first kappa shape index (κ1) is 29.2. The van der Waals surface area contributed by atoms with Crippen molar-refractivity contribution in [3.63, 3.8) is 0 Å². The molecule has 0 bridgehead atoms. The predicted octanol–water partition coefficient (Wildman–Crippen LogP) is 7.30. The standard InChI is InChI=1S/C32H36BrClN2O3/c1-22(2)25-14-17-30(28(33)19-25)39-21-31(37)36(20-24-12-15-26(34)16-13-24)29(18-23-8-4-3-5-9-23)32(38)35-27-10-6-7-11-27/h3-5,8-9,12-17,19,22,27,29H,6-7,10-11,18,20-21H2,1-2H3,(H,35,38)/t29-/m1/s1. The lowest BCUT2D eigenvalue weighted by Gasteiger charge is -2.32. The van der Waals surface area contributed by atoms with E-state index < -0.39 is 6.04 Å². The van der Waals surface area contributed by atoms with E-state index >= 15 is 0 Å². The molecule has 0 aliphatic heterocycles. The number of rotatable bonds is 11. The van der Waals surface area contributed by atoms with E-state index in [0.29, 0.717) is 23.1 Å². The molecule has 1 atom stereocenters. The molecule has 3 aromatic rings. The lowest BCUT2D eigenvalue weighted by atomic mass is 10.0. The minimum absolute atomic E-state index is 0.129. The van der Waals surface area contributed by atoms with Gasteiger partial charge in [0, 0.05) is 24.0 Å². The first-order valence-corrected chi connectivity index (χ1v) is 14.8. The number of nitrogens with one attached hydrogen (secondary N) is 1. The van der Waals surface area contributed by atoms with E-state index in [1.165, 1.54) is 5.56 Å². The van der Waals surface area contributed by atoms with E-state index in [9.17, 15) is 9.59 Å². The van der Waals surface area contributed by atoms with Crippen molar-refractivity contribution < 1.29 is 14.3 Å². The van der Waals surface area contributed by atoms with Crippen molar-refractivity contribution in [1.29, 1.82) is 0 Å². The predicted molar refractivity (Wildman–Crippen MR) is 160 cm³/mol. The highest BCUT2D eigenvalue weighted by molar-refractivity contribution is 9.10. The summed E-state index contributed by atoms with van der Waals surface area (Å²) in [5.74, 6) is 0.584. The van der Waals surface area contributed by atoms with Gasteiger partial charge in [0.1, 0.15) is 11.8 Å². The monoisotopic (exact) mass is 610 g/mol. The maximum Gasteiger partial charge on any atom is 0.261 e. The molecule has 0 aromatic heterocycles. The van der Waals surface area contributed by atoms with Gasteiger partial charge in [-0.25, -0.2) is 0 Å². The van der Waals surface area contributed by atoms with E-state index in [1.807, 2.05) is 60.7 Å². The average Bonchev–Trinajstić information content (AvgIpc) is 3.44. The molecule has 3 aromatic carbocycles. The Hall–Kier alpha value is -2.83. The molecule has 1 fully saturated rings. The molecule has 0 saturated heterocycles. The van der Waals surface area contributed by atoms with Gasteiger partial charge < -0.3 is 15.0 Å². The van der Waals surface area contributed by atoms with Crippen LogP contribution in [0.15, 0.2) is 77.3 Å². The normalized spacial score (nSPS) is 14.3. The number of nitrogens with zero attached hydrogens (tertiary/aromatic N) is 1. The zero-order chi connectivity index (χ0) is 27.8. The summed E-state index contributed by atoms with van der Waals surface area (Å²) >= 11 is 9.70. The zero-order valence-corrected chi connectivity index (χ0v) is 24.9. The Bertz CT molecular complexity index is 1240. The van der Waals surface area contributed by atoms with E-state index in [0.717, 1.165) is 41.3 Å². The number of hydrogen-bond donors (Lipinski definition) is 1. The third kappa shape index (κ3) is 8.33. The van der Waals surface area contributed by atoms with Crippen molar-refractivity contribution in [1.82, 2.24) is 10.2 Å². The Morgan fingerprint density at radius 1 is 1.00 bits per heavy atom. The first-order valence-electron chi connectivity index (χ1n) is 13.6. The summed E-state index contributed by atoms with van der Waals surface area (Å²) in [6.07, 6.45) is 4.57. The molecule has 5 nitrogen and oxygen atoms in total. The number of carbonyl (C=O) groups excluding carboxylic acids is 2. The second-order valence-electron chi connectivity index (χ2n) is 10.5. The molecule has 39 heavy (non-hydrogen) atoms. The van der Waals surface area contributed by atoms with Crippen LogP contribution >= 0.6 is 27.5 Å². The molecule has 2 amide bonds. The van der Waals surface area contributed by atoms with Crippen LogP contribution in [-0.4, -0.2) is 35.4 Å². The Kier molecular flexibility index (Phi) is 10.5. The summed E-state index contributed by atoms with van der Waals surface area (Å²) in [7, 11) is 0. The van der Waals surface area contributed by atoms with E-state index in [4.69, 9.17) is 16.3 Å². The van der Waals surface area contributed by atoms with Gasteiger partial charge in [0.15, 0.2) is 6.61 Å². The fraction of sp³-hybridized carbons (Fsp3) is 0.375. The molecule has 0 spiro atoms. The molecule has 4 rings (SSSR count). The second-order valence-corrected chi connectivity index (χ2v) is 11.8. The number of carbonyl (C=O) groups is 2. The Balaban J connectivity index is 1.60. The number of amides is 2. The Labute approximate surface area is 245 Å². The van der Waals surface area contributed by atoms with Crippen molar-refractivity contribution in [2.75, 3.05) is 6.61 Å². The third-order valence-electron chi connectivity index (χ3n) is 7.21. The van der Waals surface area contributed by atoms with Crippen molar-refractivity contribution in [3.05, 3.63) is 99.0 Å². The molecule has 1 aliphatic rings. The van der Waals surface area contributed by atoms with Crippen LogP contribution in [0.3, 0.4) is 0 Å². The minimum Gasteiger partial charge on any atom is -0.483 e. The maximum atomic E-state index is 13.8. The molecule has 0 unspecified atom stereocenters. The molecule has 7 heteroatoms. The van der Waals surface area contributed by atoms with Gasteiger partial charge in [0.05, 0.1) is 4.47 Å². The fourth-order valence-corrected chi connectivity index (χ4v) is 5.56. The summed E-state index contributed by atoms with van der Waals surface area (Å²) in [4.78, 5) is 29.2. The smallest absolute Gasteiger partial charge is 0.261 e. The average molecular weight is 612 g/mol. The molecular weight excluding hydrogens is 576 g/mol. The lowest BCUT2D eigenvalue weighted by Crippen LogP contribution is -2.53. The van der Waals surface area contributed by atoms with E-state index in [1.54, 1.807) is 17.0 Å². The summed E-state index contributed by atoms with van der Waals surface area (Å²) < 4.78 is 6.79. The van der Waals surface area contributed by atoms with Crippen LogP contribution in [0.5, 0.6) is 5.75 Å². The summed E-state index contributed by atoms with van der Waals surface area (Å²) in [6, 6.07) is 22.6. The van der Waals surface area contributed by atoms with Crippen LogP contribution in [-0.2, 0) is 22.6 Å². The summed E-state index contributed by atoms with van der Waals surface area (Å²) in [5, 5.41) is 3.85. The second kappa shape index (κ2) is 14.0. The topological polar surface area (TPSA) is 58.6 Å². The highest BCUT2D eigenvalue weighted by atomic mass is 79.9. The first-order chi connectivity index (χ1) is 18.8. The van der Waals surface area contributed by atoms with Crippen molar-refractivity contribution in [2.45, 2.75) is 70.5 Å². The minimum atomic E-state index is -0.688. The van der Waals surface area contributed by atoms with E-state index in [2.05, 4.69) is 35.1 Å². The highest BCUT2D eigenvalue weighted by Crippen LogP contribution is 2.29. The van der Waals surface area contributed by atoms with Gasteiger partial charge >= 0.3 is 0 Å². The van der Waals surface area contributed by atoms with Gasteiger partial charge in [0.25, 0.3) is 5.91 Å². The highest BCUT2D eigenvalue weighted by Gasteiger charge is 2.32. The SMILES string of the molecule is CC(C)c1ccc(OCC(=O)N(Cc2ccc(Cl)cc2)[C@H](Cc2ccccc2)C(=O)NC2CCCC2)c(Br)c1. The summed E-state index contributed by atoms with van der Waals surface area (Å²) in [5.41, 5.74) is 3.06. The van der Waals surface area contributed by atoms with Crippen LogP contribution < -0.4 is 10.1 Å². The van der Waals surface area contributed by atoms with Gasteiger partial charge in [0.2, 0.25) is 5.91 Å². The number of ether oxygens (including phenoxy) is 1. The molecular formula is C32H36BrClN2O3. The van der Waals surface area contributed by atoms with Gasteiger partial charge in [-0.05, 0) is 75.6 Å². The lowest BCUT2D eigenvalue weighted by molar-refractivity contribution is -0.143. The van der Waals surface area contributed by atoms with Crippen molar-refractivity contribution in [2.24, 2.45) is 0 Å². The van der Waals surface area contributed by atoms with Crippen molar-refractivity contribution >= 4 is 39.3 Å². The van der Waals surface area contributed by atoms with E-state index in [-0.39, 0.29) is 31.0 Å². The number of benzene rings is 3. The molecule has 1 N–H and O–H groups in total. The molecule has 0 heterocycles. The van der Waals surface area contributed by atoms with Gasteiger partial charge in [-0.3, -0.25) is 9.59 Å². The quantitative estimate of drug-likeness (QED) is 0.247.